The molecule has 0 aliphatic heterocycles. The van der Waals surface area contributed by atoms with Crippen LogP contribution in [0.3, 0.4) is 0 Å². The van der Waals surface area contributed by atoms with Crippen LogP contribution in [0.2, 0.25) is 0 Å². The Kier molecular flexibility index (Phi) is 5.11. The van der Waals surface area contributed by atoms with E-state index in [1.807, 2.05) is 36.7 Å². The highest BCUT2D eigenvalue weighted by Gasteiger charge is 2.10. The molecule has 0 radical (unpaired) electrons. The van der Waals surface area contributed by atoms with Gasteiger partial charge in [-0.1, -0.05) is 11.8 Å². The van der Waals surface area contributed by atoms with E-state index in [0.29, 0.717) is 10.3 Å². The Labute approximate surface area is 147 Å². The predicted octanol–water partition coefficient (Wildman–Crippen LogP) is 2.68. The van der Waals surface area contributed by atoms with E-state index in [-0.39, 0.29) is 11.7 Å². The van der Waals surface area contributed by atoms with E-state index in [9.17, 15) is 4.79 Å². The van der Waals surface area contributed by atoms with Gasteiger partial charge in [-0.05, 0) is 24.3 Å². The first-order valence-electron chi connectivity index (χ1n) is 7.02. The van der Waals surface area contributed by atoms with Gasteiger partial charge < -0.3 is 14.6 Å². The van der Waals surface area contributed by atoms with Crippen LogP contribution in [-0.4, -0.2) is 38.5 Å². The number of hydrogen-bond donors (Lipinski definition) is 1. The molecule has 9 heteroatoms. The van der Waals surface area contributed by atoms with Crippen molar-refractivity contribution in [2.24, 2.45) is 7.05 Å². The van der Waals surface area contributed by atoms with Crippen LogP contribution < -0.4 is 10.1 Å². The monoisotopic (exact) mass is 361 g/mol. The van der Waals surface area contributed by atoms with E-state index in [0.717, 1.165) is 17.0 Å². The van der Waals surface area contributed by atoms with Crippen LogP contribution >= 0.6 is 23.1 Å². The van der Waals surface area contributed by atoms with Crippen LogP contribution in [0, 0.1) is 0 Å². The number of benzene rings is 1. The molecular weight excluding hydrogens is 346 g/mol. The topological polar surface area (TPSA) is 81.9 Å². The summed E-state index contributed by atoms with van der Waals surface area (Å²) in [5.74, 6) is 0.922. The lowest BCUT2D eigenvalue weighted by molar-refractivity contribution is -0.113. The molecule has 0 saturated heterocycles. The van der Waals surface area contributed by atoms with Crippen LogP contribution in [0.25, 0.3) is 11.3 Å². The Morgan fingerprint density at radius 1 is 1.38 bits per heavy atom. The second-order valence-corrected chi connectivity index (χ2v) is 6.63. The SMILES string of the molecule is COc1ccc(-c2csc(NC(=O)CSc3nncn3C)n2)cc1. The van der Waals surface area contributed by atoms with E-state index in [4.69, 9.17) is 4.74 Å². The molecule has 1 aromatic carbocycles. The van der Waals surface area contributed by atoms with Gasteiger partial charge in [0.1, 0.15) is 12.1 Å². The van der Waals surface area contributed by atoms with Crippen molar-refractivity contribution in [2.75, 3.05) is 18.2 Å². The number of thiazole rings is 1. The molecule has 0 saturated carbocycles. The molecule has 3 rings (SSSR count). The Hall–Kier alpha value is -2.39. The number of carbonyl (C=O) groups is 1. The number of ether oxygens (including phenoxy) is 1. The summed E-state index contributed by atoms with van der Waals surface area (Å²) in [5, 5.41) is 13.7. The van der Waals surface area contributed by atoms with Crippen molar-refractivity contribution in [3.8, 4) is 17.0 Å². The highest BCUT2D eigenvalue weighted by Crippen LogP contribution is 2.26. The number of nitrogens with one attached hydrogen (secondary N) is 1. The fourth-order valence-electron chi connectivity index (χ4n) is 1.91. The van der Waals surface area contributed by atoms with Crippen molar-refractivity contribution in [1.82, 2.24) is 19.7 Å². The first-order valence-corrected chi connectivity index (χ1v) is 8.89. The molecule has 1 amide bonds. The van der Waals surface area contributed by atoms with E-state index < -0.39 is 0 Å². The van der Waals surface area contributed by atoms with Crippen molar-refractivity contribution in [3.63, 3.8) is 0 Å². The Morgan fingerprint density at radius 2 is 2.17 bits per heavy atom. The average Bonchev–Trinajstić information content (AvgIpc) is 3.22. The molecule has 0 spiro atoms. The highest BCUT2D eigenvalue weighted by atomic mass is 32.2. The largest absolute Gasteiger partial charge is 0.497 e. The number of nitrogens with zero attached hydrogens (tertiary/aromatic N) is 4. The molecule has 3 aromatic rings. The van der Waals surface area contributed by atoms with E-state index >= 15 is 0 Å². The van der Waals surface area contributed by atoms with Crippen LogP contribution in [-0.2, 0) is 11.8 Å². The zero-order chi connectivity index (χ0) is 16.9. The zero-order valence-electron chi connectivity index (χ0n) is 13.1. The Bertz CT molecular complexity index is 829. The second kappa shape index (κ2) is 7.45. The number of rotatable bonds is 6. The van der Waals surface area contributed by atoms with Gasteiger partial charge in [-0.25, -0.2) is 4.98 Å². The van der Waals surface area contributed by atoms with Gasteiger partial charge in [0.05, 0.1) is 18.6 Å². The fourth-order valence-corrected chi connectivity index (χ4v) is 3.34. The maximum Gasteiger partial charge on any atom is 0.236 e. The molecule has 0 aliphatic rings. The molecule has 1 N–H and O–H groups in total. The van der Waals surface area contributed by atoms with E-state index in [1.54, 1.807) is 18.0 Å². The average molecular weight is 361 g/mol. The summed E-state index contributed by atoms with van der Waals surface area (Å²) < 4.78 is 6.91. The first-order chi connectivity index (χ1) is 11.7. The molecule has 2 heterocycles. The number of aromatic nitrogens is 4. The minimum absolute atomic E-state index is 0.126. The van der Waals surface area contributed by atoms with E-state index in [1.165, 1.54) is 23.1 Å². The summed E-state index contributed by atoms with van der Waals surface area (Å²) in [6, 6.07) is 7.63. The summed E-state index contributed by atoms with van der Waals surface area (Å²) in [7, 11) is 3.46. The molecule has 24 heavy (non-hydrogen) atoms. The van der Waals surface area contributed by atoms with Crippen LogP contribution in [0.1, 0.15) is 0 Å². The maximum atomic E-state index is 12.0. The molecule has 0 unspecified atom stereocenters. The van der Waals surface area contributed by atoms with Crippen molar-refractivity contribution >= 4 is 34.1 Å². The minimum Gasteiger partial charge on any atom is -0.497 e. The molecule has 7 nitrogen and oxygen atoms in total. The number of methoxy groups -OCH3 is 1. The third-order valence-electron chi connectivity index (χ3n) is 3.14. The lowest BCUT2D eigenvalue weighted by atomic mass is 10.2. The molecular formula is C15H15N5O2S2. The minimum atomic E-state index is -0.126. The van der Waals surface area contributed by atoms with Gasteiger partial charge >= 0.3 is 0 Å². The molecule has 124 valence electrons. The summed E-state index contributed by atoms with van der Waals surface area (Å²) in [6.45, 7) is 0. The number of thioether (sulfide) groups is 1. The fraction of sp³-hybridized carbons (Fsp3) is 0.200. The number of aryl methyl sites for hydroxylation is 1. The van der Waals surface area contributed by atoms with Crippen molar-refractivity contribution in [3.05, 3.63) is 36.0 Å². The quantitative estimate of drug-likeness (QED) is 0.680. The lowest BCUT2D eigenvalue weighted by Crippen LogP contribution is -2.14. The van der Waals surface area contributed by atoms with Gasteiger partial charge in [0.2, 0.25) is 5.91 Å². The van der Waals surface area contributed by atoms with Gasteiger partial charge in [0.25, 0.3) is 0 Å². The van der Waals surface area contributed by atoms with Crippen molar-refractivity contribution in [1.29, 1.82) is 0 Å². The number of amides is 1. The van der Waals surface area contributed by atoms with Crippen LogP contribution in [0.15, 0.2) is 41.1 Å². The molecule has 0 aliphatic carbocycles. The summed E-state index contributed by atoms with van der Waals surface area (Å²) in [5.41, 5.74) is 1.79. The highest BCUT2D eigenvalue weighted by molar-refractivity contribution is 7.99. The van der Waals surface area contributed by atoms with Gasteiger partial charge in [0.15, 0.2) is 10.3 Å². The van der Waals surface area contributed by atoms with Gasteiger partial charge in [-0.15, -0.1) is 21.5 Å². The zero-order valence-corrected chi connectivity index (χ0v) is 14.7. The molecule has 2 aromatic heterocycles. The molecule has 0 fully saturated rings. The standard InChI is InChI=1S/C15H15N5O2S2/c1-20-9-16-19-15(20)24-8-13(21)18-14-17-12(7-23-14)10-3-5-11(22-2)6-4-10/h3-7,9H,8H2,1-2H3,(H,17,18,21). The normalized spacial score (nSPS) is 10.6. The summed E-state index contributed by atoms with van der Waals surface area (Å²) in [6.07, 6.45) is 1.60. The Morgan fingerprint density at radius 3 is 2.83 bits per heavy atom. The third kappa shape index (κ3) is 3.92. The Balaban J connectivity index is 1.58. The number of hydrogen-bond acceptors (Lipinski definition) is 7. The first kappa shape index (κ1) is 16.5. The lowest BCUT2D eigenvalue weighted by Gasteiger charge is -2.02. The van der Waals surface area contributed by atoms with Crippen molar-refractivity contribution in [2.45, 2.75) is 5.16 Å². The predicted molar refractivity (Wildman–Crippen MR) is 94.5 cm³/mol. The summed E-state index contributed by atoms with van der Waals surface area (Å²) >= 11 is 2.72. The smallest absolute Gasteiger partial charge is 0.236 e. The van der Waals surface area contributed by atoms with Gasteiger partial charge in [-0.2, -0.15) is 0 Å². The molecule has 0 bridgehead atoms. The van der Waals surface area contributed by atoms with Gasteiger partial charge in [-0.3, -0.25) is 4.79 Å². The van der Waals surface area contributed by atoms with Crippen LogP contribution in [0.4, 0.5) is 5.13 Å². The van der Waals surface area contributed by atoms with Crippen molar-refractivity contribution < 1.29 is 9.53 Å². The number of carbonyl (C=O) groups excluding carboxylic acids is 1. The van der Waals surface area contributed by atoms with Crippen LogP contribution in [0.5, 0.6) is 5.75 Å². The van der Waals surface area contributed by atoms with Gasteiger partial charge in [0, 0.05) is 18.0 Å². The molecule has 0 atom stereocenters. The third-order valence-corrected chi connectivity index (χ3v) is 4.93. The maximum absolute atomic E-state index is 12.0. The number of anilines is 1. The summed E-state index contributed by atoms with van der Waals surface area (Å²) in [4.78, 5) is 16.5. The van der Waals surface area contributed by atoms with E-state index in [2.05, 4.69) is 20.5 Å². The second-order valence-electron chi connectivity index (χ2n) is 4.83.